The quantitative estimate of drug-likeness (QED) is 0.647. The summed E-state index contributed by atoms with van der Waals surface area (Å²) in [5.41, 5.74) is 0.401. The Morgan fingerprint density at radius 2 is 1.94 bits per heavy atom. The van der Waals surface area contributed by atoms with Crippen molar-refractivity contribution in [2.75, 3.05) is 6.80 Å². The average molecular weight is 253 g/mol. The highest BCUT2D eigenvalue weighted by molar-refractivity contribution is 5.76. The van der Waals surface area contributed by atoms with E-state index in [1.54, 1.807) is 20.8 Å². The number of carbonyl (C=O) groups is 1. The molecule has 0 amide bonds. The third kappa shape index (κ3) is 5.27. The minimum Gasteiger partial charge on any atom is -0.459 e. The van der Waals surface area contributed by atoms with Crippen molar-refractivity contribution < 1.29 is 13.9 Å². The fourth-order valence-corrected chi connectivity index (χ4v) is 1.55. The van der Waals surface area contributed by atoms with E-state index in [4.69, 9.17) is 4.74 Å². The van der Waals surface area contributed by atoms with Gasteiger partial charge in [-0.15, -0.1) is 0 Å². The van der Waals surface area contributed by atoms with Gasteiger partial charge in [0, 0.05) is 0 Å². The Labute approximate surface area is 107 Å². The highest BCUT2D eigenvalue weighted by atomic mass is 19.1. The van der Waals surface area contributed by atoms with E-state index in [1.807, 2.05) is 30.3 Å². The fourth-order valence-electron chi connectivity index (χ4n) is 1.55. The van der Waals surface area contributed by atoms with Crippen molar-refractivity contribution in [2.24, 2.45) is 0 Å². The van der Waals surface area contributed by atoms with Crippen molar-refractivity contribution in [3.63, 3.8) is 0 Å². The van der Waals surface area contributed by atoms with Crippen LogP contribution >= 0.6 is 0 Å². The number of ether oxygens (including phenoxy) is 1. The molecule has 100 valence electrons. The average Bonchev–Trinajstić information content (AvgIpc) is 2.27. The molecule has 0 radical (unpaired) electrons. The molecule has 0 aliphatic rings. The normalized spacial score (nSPS) is 13.1. The van der Waals surface area contributed by atoms with Crippen molar-refractivity contribution in [3.05, 3.63) is 35.9 Å². The molecule has 0 bridgehead atoms. The summed E-state index contributed by atoms with van der Waals surface area (Å²) < 4.78 is 17.7. The van der Waals surface area contributed by atoms with Crippen molar-refractivity contribution in [1.29, 1.82) is 0 Å². The zero-order chi connectivity index (χ0) is 13.6. The lowest BCUT2D eigenvalue weighted by Crippen LogP contribution is -2.42. The Kier molecular flexibility index (Phi) is 5.28. The lowest BCUT2D eigenvalue weighted by Gasteiger charge is -2.24. The van der Waals surface area contributed by atoms with Crippen molar-refractivity contribution in [2.45, 2.75) is 38.8 Å². The van der Waals surface area contributed by atoms with Crippen LogP contribution in [0, 0.1) is 0 Å². The first-order chi connectivity index (χ1) is 8.42. The first kappa shape index (κ1) is 14.6. The Balaban J connectivity index is 2.68. The van der Waals surface area contributed by atoms with E-state index >= 15 is 0 Å². The molecule has 0 heterocycles. The summed E-state index contributed by atoms with van der Waals surface area (Å²) in [6.07, 6.45) is 0.416. The van der Waals surface area contributed by atoms with Crippen LogP contribution in [0.1, 0.15) is 26.3 Å². The molecule has 1 aromatic rings. The maximum absolute atomic E-state index is 12.4. The zero-order valence-electron chi connectivity index (χ0n) is 11.1. The summed E-state index contributed by atoms with van der Waals surface area (Å²) in [5.74, 6) is -0.427. The summed E-state index contributed by atoms with van der Waals surface area (Å²) in [4.78, 5) is 11.9. The summed E-state index contributed by atoms with van der Waals surface area (Å²) in [6, 6.07) is 8.81. The van der Waals surface area contributed by atoms with Crippen LogP contribution in [-0.4, -0.2) is 24.4 Å². The van der Waals surface area contributed by atoms with Gasteiger partial charge in [0.1, 0.15) is 18.4 Å². The lowest BCUT2D eigenvalue weighted by atomic mass is 10.1. The number of esters is 1. The predicted molar refractivity (Wildman–Crippen MR) is 68.9 cm³/mol. The van der Waals surface area contributed by atoms with Gasteiger partial charge in [0.2, 0.25) is 0 Å². The molecule has 1 aromatic carbocycles. The van der Waals surface area contributed by atoms with Crippen LogP contribution < -0.4 is 5.32 Å². The van der Waals surface area contributed by atoms with Gasteiger partial charge in [-0.05, 0) is 32.8 Å². The van der Waals surface area contributed by atoms with Gasteiger partial charge in [-0.25, -0.2) is 4.39 Å². The molecular formula is C14H20FNO2. The summed E-state index contributed by atoms with van der Waals surface area (Å²) in [6.45, 7) is 4.62. The highest BCUT2D eigenvalue weighted by Gasteiger charge is 2.24. The minimum atomic E-state index is -0.753. The summed E-state index contributed by atoms with van der Waals surface area (Å²) >= 11 is 0. The van der Waals surface area contributed by atoms with E-state index in [0.29, 0.717) is 6.42 Å². The standard InChI is InChI=1S/C14H20FNO2/c1-14(2,3)18-13(17)12(16-10-15)9-11-7-5-4-6-8-11/h4-8,12,16H,9-10H2,1-3H3/t12-/m0/s1. The van der Waals surface area contributed by atoms with Crippen LogP contribution in [0.15, 0.2) is 30.3 Å². The number of hydrogen-bond acceptors (Lipinski definition) is 3. The zero-order valence-corrected chi connectivity index (χ0v) is 11.1. The maximum Gasteiger partial charge on any atom is 0.324 e. The monoisotopic (exact) mass is 253 g/mol. The molecule has 18 heavy (non-hydrogen) atoms. The van der Waals surface area contributed by atoms with Gasteiger partial charge in [0.25, 0.3) is 0 Å². The SMILES string of the molecule is CC(C)(C)OC(=O)[C@H](Cc1ccccc1)NCF. The molecule has 0 saturated carbocycles. The Bertz CT molecular complexity index is 373. The first-order valence-electron chi connectivity index (χ1n) is 5.98. The second-order valence-electron chi connectivity index (χ2n) is 5.11. The molecule has 1 N–H and O–H groups in total. The molecular weight excluding hydrogens is 233 g/mol. The van der Waals surface area contributed by atoms with Gasteiger partial charge in [0.15, 0.2) is 0 Å². The molecule has 4 heteroatoms. The van der Waals surface area contributed by atoms with Crippen LogP contribution in [0.5, 0.6) is 0 Å². The van der Waals surface area contributed by atoms with Crippen LogP contribution in [-0.2, 0) is 16.0 Å². The second-order valence-corrected chi connectivity index (χ2v) is 5.11. The van der Waals surface area contributed by atoms with E-state index in [-0.39, 0.29) is 0 Å². The Hall–Kier alpha value is -1.42. The van der Waals surface area contributed by atoms with Crippen LogP contribution in [0.2, 0.25) is 0 Å². The Morgan fingerprint density at radius 3 is 2.44 bits per heavy atom. The fraction of sp³-hybridized carbons (Fsp3) is 0.500. The number of benzene rings is 1. The summed E-state index contributed by atoms with van der Waals surface area (Å²) in [5, 5.41) is 2.51. The Morgan fingerprint density at radius 1 is 1.33 bits per heavy atom. The maximum atomic E-state index is 12.4. The molecule has 0 saturated heterocycles. The van der Waals surface area contributed by atoms with E-state index in [2.05, 4.69) is 5.32 Å². The molecule has 0 unspecified atom stereocenters. The van der Waals surface area contributed by atoms with E-state index in [0.717, 1.165) is 5.56 Å². The predicted octanol–water partition coefficient (Wildman–Crippen LogP) is 2.46. The number of nitrogens with one attached hydrogen (secondary N) is 1. The van der Waals surface area contributed by atoms with Gasteiger partial charge in [0.05, 0.1) is 0 Å². The van der Waals surface area contributed by atoms with E-state index in [9.17, 15) is 9.18 Å². The molecule has 1 atom stereocenters. The molecule has 0 aromatic heterocycles. The molecule has 0 spiro atoms. The molecule has 0 fully saturated rings. The van der Waals surface area contributed by atoms with Crippen molar-refractivity contribution in [3.8, 4) is 0 Å². The molecule has 3 nitrogen and oxygen atoms in total. The second kappa shape index (κ2) is 6.50. The van der Waals surface area contributed by atoms with Crippen molar-refractivity contribution in [1.82, 2.24) is 5.32 Å². The van der Waals surface area contributed by atoms with Crippen LogP contribution in [0.4, 0.5) is 4.39 Å². The molecule has 0 aliphatic heterocycles. The topological polar surface area (TPSA) is 38.3 Å². The smallest absolute Gasteiger partial charge is 0.324 e. The third-order valence-electron chi connectivity index (χ3n) is 2.30. The van der Waals surface area contributed by atoms with Crippen LogP contribution in [0.25, 0.3) is 0 Å². The number of carbonyl (C=O) groups excluding carboxylic acids is 1. The van der Waals surface area contributed by atoms with Gasteiger partial charge in [-0.3, -0.25) is 10.1 Å². The van der Waals surface area contributed by atoms with E-state index < -0.39 is 24.4 Å². The van der Waals surface area contributed by atoms with E-state index in [1.165, 1.54) is 0 Å². The summed E-state index contributed by atoms with van der Waals surface area (Å²) in [7, 11) is 0. The number of alkyl halides is 1. The van der Waals surface area contributed by atoms with Crippen LogP contribution in [0.3, 0.4) is 0 Å². The third-order valence-corrected chi connectivity index (χ3v) is 2.30. The highest BCUT2D eigenvalue weighted by Crippen LogP contribution is 2.11. The first-order valence-corrected chi connectivity index (χ1v) is 5.98. The van der Waals surface area contributed by atoms with Gasteiger partial charge < -0.3 is 4.74 Å². The van der Waals surface area contributed by atoms with Gasteiger partial charge in [-0.1, -0.05) is 30.3 Å². The molecule has 0 aliphatic carbocycles. The molecule has 1 rings (SSSR count). The minimum absolute atomic E-state index is 0.416. The number of hydrogen-bond donors (Lipinski definition) is 1. The largest absolute Gasteiger partial charge is 0.459 e. The number of halogens is 1. The lowest BCUT2D eigenvalue weighted by molar-refractivity contribution is -0.157. The van der Waals surface area contributed by atoms with Crippen molar-refractivity contribution >= 4 is 5.97 Å². The van der Waals surface area contributed by atoms with Gasteiger partial charge >= 0.3 is 5.97 Å². The van der Waals surface area contributed by atoms with Gasteiger partial charge in [-0.2, -0.15) is 0 Å². The number of rotatable bonds is 5.